The Morgan fingerprint density at radius 1 is 1.23 bits per heavy atom. The van der Waals surface area contributed by atoms with Crippen LogP contribution >= 0.6 is 11.8 Å². The van der Waals surface area contributed by atoms with Crippen LogP contribution in [0.3, 0.4) is 0 Å². The molecule has 1 aliphatic rings. The van der Waals surface area contributed by atoms with Crippen LogP contribution in [0.1, 0.15) is 26.5 Å². The van der Waals surface area contributed by atoms with Crippen molar-refractivity contribution in [2.75, 3.05) is 44.2 Å². The van der Waals surface area contributed by atoms with Gasteiger partial charge in [-0.15, -0.1) is 0 Å². The standard InChI is InChI=1S/C17H28N6O2S/c1-12-9-13(18)20-16(19-12)26-11-15(25)23-7-5-22(6-8-23)10-14(24)21-17(2,3)4/h9H,5-8,10-11H2,1-4H3,(H,21,24)(H2,18,19,20). The van der Waals surface area contributed by atoms with Crippen molar-refractivity contribution in [3.63, 3.8) is 0 Å². The Hall–Kier alpha value is -1.87. The smallest absolute Gasteiger partial charge is 0.234 e. The summed E-state index contributed by atoms with van der Waals surface area (Å²) in [6.45, 7) is 10.7. The molecule has 0 radical (unpaired) electrons. The molecule has 0 spiro atoms. The monoisotopic (exact) mass is 380 g/mol. The Morgan fingerprint density at radius 2 is 1.88 bits per heavy atom. The predicted molar refractivity (Wildman–Crippen MR) is 103 cm³/mol. The second-order valence-corrected chi connectivity index (χ2v) is 8.40. The van der Waals surface area contributed by atoms with Gasteiger partial charge < -0.3 is 16.0 Å². The third kappa shape index (κ3) is 6.80. The molecular weight excluding hydrogens is 352 g/mol. The van der Waals surface area contributed by atoms with Crippen molar-refractivity contribution < 1.29 is 9.59 Å². The largest absolute Gasteiger partial charge is 0.384 e. The van der Waals surface area contributed by atoms with Crippen LogP contribution in [0.2, 0.25) is 0 Å². The van der Waals surface area contributed by atoms with Crippen molar-refractivity contribution in [2.24, 2.45) is 0 Å². The van der Waals surface area contributed by atoms with Crippen molar-refractivity contribution in [1.29, 1.82) is 0 Å². The number of nitrogen functional groups attached to an aromatic ring is 1. The lowest BCUT2D eigenvalue weighted by atomic mass is 10.1. The quantitative estimate of drug-likeness (QED) is 0.567. The highest BCUT2D eigenvalue weighted by atomic mass is 32.2. The van der Waals surface area contributed by atoms with Gasteiger partial charge in [0.1, 0.15) is 5.82 Å². The zero-order valence-corrected chi connectivity index (χ0v) is 16.7. The van der Waals surface area contributed by atoms with E-state index in [2.05, 4.69) is 20.2 Å². The lowest BCUT2D eigenvalue weighted by Gasteiger charge is -2.34. The minimum atomic E-state index is -0.229. The van der Waals surface area contributed by atoms with Gasteiger partial charge in [-0.25, -0.2) is 9.97 Å². The number of nitrogens with one attached hydrogen (secondary N) is 1. The van der Waals surface area contributed by atoms with E-state index in [1.165, 1.54) is 11.8 Å². The van der Waals surface area contributed by atoms with E-state index in [9.17, 15) is 9.59 Å². The van der Waals surface area contributed by atoms with Crippen molar-refractivity contribution in [1.82, 2.24) is 25.1 Å². The third-order valence-electron chi connectivity index (χ3n) is 3.78. The van der Waals surface area contributed by atoms with Crippen LogP contribution < -0.4 is 11.1 Å². The molecule has 0 unspecified atom stereocenters. The molecule has 0 saturated carbocycles. The van der Waals surface area contributed by atoms with Crippen LogP contribution in [0, 0.1) is 6.92 Å². The second-order valence-electron chi connectivity index (χ2n) is 7.46. The Bertz CT molecular complexity index is 633. The Morgan fingerprint density at radius 3 is 2.46 bits per heavy atom. The summed E-state index contributed by atoms with van der Waals surface area (Å²) < 4.78 is 0. The number of rotatable bonds is 5. The van der Waals surface area contributed by atoms with Crippen molar-refractivity contribution in [2.45, 2.75) is 38.4 Å². The molecule has 0 aliphatic carbocycles. The lowest BCUT2D eigenvalue weighted by molar-refractivity contribution is -0.130. The minimum Gasteiger partial charge on any atom is -0.384 e. The molecule has 2 rings (SSSR count). The van der Waals surface area contributed by atoms with E-state index in [1.807, 2.05) is 32.6 Å². The molecule has 0 aromatic carbocycles. The topological polar surface area (TPSA) is 104 Å². The SMILES string of the molecule is Cc1cc(N)nc(SCC(=O)N2CCN(CC(=O)NC(C)(C)C)CC2)n1. The number of piperazine rings is 1. The number of carbonyl (C=O) groups excluding carboxylic acids is 2. The second kappa shape index (κ2) is 8.68. The zero-order chi connectivity index (χ0) is 19.3. The molecule has 8 nitrogen and oxygen atoms in total. The number of aryl methyl sites for hydroxylation is 1. The fraction of sp³-hybridized carbons (Fsp3) is 0.647. The van der Waals surface area contributed by atoms with Gasteiger partial charge >= 0.3 is 0 Å². The Kier molecular flexibility index (Phi) is 6.82. The van der Waals surface area contributed by atoms with Gasteiger partial charge in [0, 0.05) is 43.5 Å². The number of anilines is 1. The molecular formula is C17H28N6O2S. The maximum Gasteiger partial charge on any atom is 0.234 e. The summed E-state index contributed by atoms with van der Waals surface area (Å²) in [6.07, 6.45) is 0. The molecule has 144 valence electrons. The summed E-state index contributed by atoms with van der Waals surface area (Å²) in [7, 11) is 0. The van der Waals surface area contributed by atoms with Crippen LogP contribution in [-0.2, 0) is 9.59 Å². The first-order valence-corrected chi connectivity index (χ1v) is 9.66. The average Bonchev–Trinajstić information content (AvgIpc) is 2.50. The molecule has 1 saturated heterocycles. The molecule has 1 aromatic rings. The van der Waals surface area contributed by atoms with Crippen LogP contribution in [0.4, 0.5) is 5.82 Å². The van der Waals surface area contributed by atoms with Gasteiger partial charge in [-0.05, 0) is 27.7 Å². The first-order valence-electron chi connectivity index (χ1n) is 8.67. The molecule has 3 N–H and O–H groups in total. The highest BCUT2D eigenvalue weighted by Gasteiger charge is 2.23. The normalized spacial score (nSPS) is 15.8. The maximum absolute atomic E-state index is 12.4. The molecule has 9 heteroatoms. The van der Waals surface area contributed by atoms with E-state index in [4.69, 9.17) is 5.73 Å². The minimum absolute atomic E-state index is 0.0158. The number of carbonyl (C=O) groups is 2. The molecule has 2 heterocycles. The van der Waals surface area contributed by atoms with E-state index in [0.717, 1.165) is 5.69 Å². The van der Waals surface area contributed by atoms with Crippen LogP contribution in [0.15, 0.2) is 11.2 Å². The summed E-state index contributed by atoms with van der Waals surface area (Å²) in [4.78, 5) is 36.7. The average molecular weight is 381 g/mol. The van der Waals surface area contributed by atoms with Gasteiger partial charge in [-0.1, -0.05) is 11.8 Å². The highest BCUT2D eigenvalue weighted by Crippen LogP contribution is 2.16. The molecule has 0 bridgehead atoms. The zero-order valence-electron chi connectivity index (χ0n) is 15.9. The fourth-order valence-electron chi connectivity index (χ4n) is 2.66. The maximum atomic E-state index is 12.4. The molecule has 1 fully saturated rings. The summed E-state index contributed by atoms with van der Waals surface area (Å²) in [5, 5.41) is 3.48. The summed E-state index contributed by atoms with van der Waals surface area (Å²) in [5.41, 5.74) is 6.26. The summed E-state index contributed by atoms with van der Waals surface area (Å²) >= 11 is 1.30. The van der Waals surface area contributed by atoms with E-state index >= 15 is 0 Å². The lowest BCUT2D eigenvalue weighted by Crippen LogP contribution is -2.53. The van der Waals surface area contributed by atoms with Gasteiger partial charge in [0.2, 0.25) is 11.8 Å². The molecule has 1 aliphatic heterocycles. The predicted octanol–water partition coefficient (Wildman–Crippen LogP) is 0.518. The Labute approximate surface area is 158 Å². The molecule has 26 heavy (non-hydrogen) atoms. The van der Waals surface area contributed by atoms with Gasteiger partial charge in [0.15, 0.2) is 5.16 Å². The number of hydrogen-bond acceptors (Lipinski definition) is 7. The van der Waals surface area contributed by atoms with E-state index in [0.29, 0.717) is 43.7 Å². The van der Waals surface area contributed by atoms with Crippen molar-refractivity contribution in [3.8, 4) is 0 Å². The Balaban J connectivity index is 1.75. The fourth-order valence-corrected chi connectivity index (χ4v) is 3.48. The van der Waals surface area contributed by atoms with Gasteiger partial charge in [-0.3, -0.25) is 14.5 Å². The van der Waals surface area contributed by atoms with E-state index < -0.39 is 0 Å². The molecule has 0 atom stereocenters. The van der Waals surface area contributed by atoms with E-state index in [-0.39, 0.29) is 23.1 Å². The number of aromatic nitrogens is 2. The first-order chi connectivity index (χ1) is 12.1. The van der Waals surface area contributed by atoms with Gasteiger partial charge in [0.05, 0.1) is 12.3 Å². The molecule has 2 amide bonds. The number of nitrogens with zero attached hydrogens (tertiary/aromatic N) is 4. The number of nitrogens with two attached hydrogens (primary N) is 1. The van der Waals surface area contributed by atoms with E-state index in [1.54, 1.807) is 6.07 Å². The summed E-state index contributed by atoms with van der Waals surface area (Å²) in [5.74, 6) is 0.766. The van der Waals surface area contributed by atoms with Crippen LogP contribution in [-0.4, -0.2) is 75.6 Å². The van der Waals surface area contributed by atoms with Gasteiger partial charge in [-0.2, -0.15) is 0 Å². The van der Waals surface area contributed by atoms with Crippen LogP contribution in [0.5, 0.6) is 0 Å². The van der Waals surface area contributed by atoms with Crippen molar-refractivity contribution in [3.05, 3.63) is 11.8 Å². The van der Waals surface area contributed by atoms with Crippen molar-refractivity contribution >= 4 is 29.4 Å². The third-order valence-corrected chi connectivity index (χ3v) is 4.62. The number of amides is 2. The molecule has 1 aromatic heterocycles. The first kappa shape index (κ1) is 20.4. The van der Waals surface area contributed by atoms with Crippen LogP contribution in [0.25, 0.3) is 0 Å². The van der Waals surface area contributed by atoms with Gasteiger partial charge in [0.25, 0.3) is 0 Å². The number of hydrogen-bond donors (Lipinski definition) is 2. The number of thioether (sulfide) groups is 1. The summed E-state index contributed by atoms with van der Waals surface area (Å²) in [6, 6.07) is 1.70. The highest BCUT2D eigenvalue weighted by molar-refractivity contribution is 7.99.